The van der Waals surface area contributed by atoms with Crippen molar-refractivity contribution in [3.05, 3.63) is 62.7 Å². The molecule has 9 heteroatoms. The normalized spacial score (nSPS) is 11.2. The molecule has 0 bridgehead atoms. The fraction of sp³-hybridized carbons (Fsp3) is 0.133. The number of rotatable bonds is 5. The Kier molecular flexibility index (Phi) is 5.08. The maximum Gasteiger partial charge on any atom is 0.416 e. The van der Waals surface area contributed by atoms with Gasteiger partial charge in [-0.05, 0) is 30.3 Å². The Morgan fingerprint density at radius 1 is 1.21 bits per heavy atom. The minimum Gasteiger partial charge on any atom is -0.456 e. The van der Waals surface area contributed by atoms with Crippen LogP contribution >= 0.6 is 11.6 Å². The first-order valence-corrected chi connectivity index (χ1v) is 6.85. The van der Waals surface area contributed by atoms with Crippen molar-refractivity contribution in [2.75, 3.05) is 0 Å². The summed E-state index contributed by atoms with van der Waals surface area (Å²) in [4.78, 5) is 20.8. The summed E-state index contributed by atoms with van der Waals surface area (Å²) in [5.74, 6) is 0.0645. The molecule has 24 heavy (non-hydrogen) atoms. The van der Waals surface area contributed by atoms with E-state index >= 15 is 0 Å². The van der Waals surface area contributed by atoms with Crippen LogP contribution in [0.1, 0.15) is 11.1 Å². The first-order chi connectivity index (χ1) is 11.2. The fourth-order valence-electron chi connectivity index (χ4n) is 1.94. The first kappa shape index (κ1) is 17.7. The molecule has 0 aliphatic rings. The Morgan fingerprint density at radius 3 is 2.46 bits per heavy atom. The summed E-state index contributed by atoms with van der Waals surface area (Å²) in [5, 5.41) is 10.6. The van der Waals surface area contributed by atoms with Crippen LogP contribution in [-0.4, -0.2) is 11.2 Å². The van der Waals surface area contributed by atoms with Gasteiger partial charge in [-0.3, -0.25) is 10.1 Å². The van der Waals surface area contributed by atoms with Gasteiger partial charge in [0.05, 0.1) is 15.5 Å². The van der Waals surface area contributed by atoms with Gasteiger partial charge in [0.15, 0.2) is 0 Å². The smallest absolute Gasteiger partial charge is 0.416 e. The second kappa shape index (κ2) is 6.88. The molecule has 0 spiro atoms. The SMILES string of the molecule is O=CCc1cc(Oc2ccc(C(F)(F)F)cc2Cl)ccc1[N+](=O)[O-]. The van der Waals surface area contributed by atoms with Crippen molar-refractivity contribution in [2.45, 2.75) is 12.6 Å². The summed E-state index contributed by atoms with van der Waals surface area (Å²) in [7, 11) is 0. The summed E-state index contributed by atoms with van der Waals surface area (Å²) < 4.78 is 43.1. The predicted octanol–water partition coefficient (Wildman–Crippen LogP) is 4.80. The van der Waals surface area contributed by atoms with E-state index in [0.717, 1.165) is 18.2 Å². The van der Waals surface area contributed by atoms with Crippen LogP contribution in [0.2, 0.25) is 5.02 Å². The third kappa shape index (κ3) is 4.02. The van der Waals surface area contributed by atoms with Crippen molar-refractivity contribution >= 4 is 23.6 Å². The number of hydrogen-bond acceptors (Lipinski definition) is 4. The zero-order valence-corrected chi connectivity index (χ0v) is 12.6. The standard InChI is InChI=1S/C15H9ClF3NO4/c16-12-8-10(15(17,18)19)1-4-14(12)24-11-2-3-13(20(22)23)9(7-11)5-6-21/h1-4,6-8H,5H2. The maximum absolute atomic E-state index is 12.6. The second-order valence-corrected chi connectivity index (χ2v) is 5.07. The van der Waals surface area contributed by atoms with Gasteiger partial charge in [-0.2, -0.15) is 13.2 Å². The number of hydrogen-bond donors (Lipinski definition) is 0. The van der Waals surface area contributed by atoms with Gasteiger partial charge in [0.1, 0.15) is 17.8 Å². The topological polar surface area (TPSA) is 69.4 Å². The number of nitro benzene ring substituents is 1. The van der Waals surface area contributed by atoms with E-state index in [4.69, 9.17) is 16.3 Å². The molecule has 2 aromatic rings. The lowest BCUT2D eigenvalue weighted by Gasteiger charge is -2.11. The van der Waals surface area contributed by atoms with Gasteiger partial charge in [0.25, 0.3) is 5.69 Å². The van der Waals surface area contributed by atoms with Crippen LogP contribution in [0, 0.1) is 10.1 Å². The van der Waals surface area contributed by atoms with Crippen molar-refractivity contribution in [1.29, 1.82) is 0 Å². The van der Waals surface area contributed by atoms with E-state index in [1.165, 1.54) is 12.1 Å². The molecule has 0 heterocycles. The molecule has 0 atom stereocenters. The van der Waals surface area contributed by atoms with Gasteiger partial charge in [-0.1, -0.05) is 11.6 Å². The molecule has 0 aliphatic heterocycles. The van der Waals surface area contributed by atoms with E-state index in [1.54, 1.807) is 0 Å². The lowest BCUT2D eigenvalue weighted by Crippen LogP contribution is -2.04. The van der Waals surface area contributed by atoms with Crippen LogP contribution in [0.15, 0.2) is 36.4 Å². The Hall–Kier alpha value is -2.61. The van der Waals surface area contributed by atoms with Crippen molar-refractivity contribution in [3.8, 4) is 11.5 Å². The third-order valence-electron chi connectivity index (χ3n) is 3.04. The van der Waals surface area contributed by atoms with Gasteiger partial charge < -0.3 is 9.53 Å². The number of nitrogens with zero attached hydrogens (tertiary/aromatic N) is 1. The van der Waals surface area contributed by atoms with Gasteiger partial charge >= 0.3 is 6.18 Å². The van der Waals surface area contributed by atoms with Crippen LogP contribution < -0.4 is 4.74 Å². The first-order valence-electron chi connectivity index (χ1n) is 6.48. The average molecular weight is 360 g/mol. The Bertz CT molecular complexity index is 793. The zero-order chi connectivity index (χ0) is 17.9. The van der Waals surface area contributed by atoms with Crippen LogP contribution in [-0.2, 0) is 17.4 Å². The van der Waals surface area contributed by atoms with Crippen molar-refractivity contribution in [1.82, 2.24) is 0 Å². The minimum atomic E-state index is -4.54. The molecule has 0 amide bonds. The Labute approximate surface area is 138 Å². The van der Waals surface area contributed by atoms with Gasteiger partial charge in [0.2, 0.25) is 0 Å². The summed E-state index contributed by atoms with van der Waals surface area (Å²) in [6.45, 7) is 0. The zero-order valence-electron chi connectivity index (χ0n) is 11.8. The van der Waals surface area contributed by atoms with E-state index < -0.39 is 16.7 Å². The highest BCUT2D eigenvalue weighted by Gasteiger charge is 2.31. The summed E-state index contributed by atoms with van der Waals surface area (Å²) in [6.07, 6.45) is -4.24. The fourth-order valence-corrected chi connectivity index (χ4v) is 2.16. The number of halogens is 4. The number of ether oxygens (including phenoxy) is 1. The number of carbonyl (C=O) groups excluding carboxylic acids is 1. The number of aldehydes is 1. The predicted molar refractivity (Wildman–Crippen MR) is 79.4 cm³/mol. The monoisotopic (exact) mass is 359 g/mol. The quantitative estimate of drug-likeness (QED) is 0.437. The van der Waals surface area contributed by atoms with Crippen LogP contribution in [0.5, 0.6) is 11.5 Å². The van der Waals surface area contributed by atoms with Gasteiger partial charge in [-0.25, -0.2) is 0 Å². The molecule has 2 aromatic carbocycles. The number of alkyl halides is 3. The summed E-state index contributed by atoms with van der Waals surface area (Å²) in [5.41, 5.74) is -1.06. The molecule has 0 radical (unpaired) electrons. The Balaban J connectivity index is 2.33. The highest BCUT2D eigenvalue weighted by atomic mass is 35.5. The van der Waals surface area contributed by atoms with Gasteiger partial charge in [0, 0.05) is 18.1 Å². The molecule has 0 fully saturated rings. The molecule has 5 nitrogen and oxygen atoms in total. The molecular weight excluding hydrogens is 351 g/mol. The summed E-state index contributed by atoms with van der Waals surface area (Å²) in [6, 6.07) is 6.24. The van der Waals surface area contributed by atoms with Crippen molar-refractivity contribution in [2.24, 2.45) is 0 Å². The second-order valence-electron chi connectivity index (χ2n) is 4.66. The molecule has 126 valence electrons. The van der Waals surface area contributed by atoms with E-state index in [1.807, 2.05) is 0 Å². The van der Waals surface area contributed by atoms with Crippen LogP contribution in [0.25, 0.3) is 0 Å². The van der Waals surface area contributed by atoms with E-state index in [0.29, 0.717) is 12.4 Å². The minimum absolute atomic E-state index is 0.0458. The largest absolute Gasteiger partial charge is 0.456 e. The van der Waals surface area contributed by atoms with Crippen molar-refractivity contribution in [3.63, 3.8) is 0 Å². The maximum atomic E-state index is 12.6. The summed E-state index contributed by atoms with van der Waals surface area (Å²) >= 11 is 5.78. The number of nitro groups is 1. The third-order valence-corrected chi connectivity index (χ3v) is 3.33. The number of benzene rings is 2. The molecule has 2 rings (SSSR count). The molecule has 0 saturated heterocycles. The lowest BCUT2D eigenvalue weighted by molar-refractivity contribution is -0.385. The van der Waals surface area contributed by atoms with Gasteiger partial charge in [-0.15, -0.1) is 0 Å². The molecule has 0 aliphatic carbocycles. The van der Waals surface area contributed by atoms with Crippen molar-refractivity contribution < 1.29 is 27.6 Å². The molecule has 0 unspecified atom stereocenters. The molecular formula is C15H9ClF3NO4. The lowest BCUT2D eigenvalue weighted by atomic mass is 10.1. The molecule has 0 aromatic heterocycles. The van der Waals surface area contributed by atoms with Crippen LogP contribution in [0.3, 0.4) is 0 Å². The Morgan fingerprint density at radius 2 is 1.92 bits per heavy atom. The van der Waals surface area contributed by atoms with E-state index in [9.17, 15) is 28.1 Å². The molecule has 0 saturated carbocycles. The number of carbonyl (C=O) groups is 1. The van der Waals surface area contributed by atoms with Crippen LogP contribution in [0.4, 0.5) is 18.9 Å². The average Bonchev–Trinajstić information content (AvgIpc) is 2.48. The van der Waals surface area contributed by atoms with E-state index in [2.05, 4.69) is 0 Å². The highest BCUT2D eigenvalue weighted by molar-refractivity contribution is 6.32. The highest BCUT2D eigenvalue weighted by Crippen LogP contribution is 2.37. The molecule has 0 N–H and O–H groups in total. The van der Waals surface area contributed by atoms with E-state index in [-0.39, 0.29) is 34.2 Å².